The Balaban J connectivity index is 3.49. The largest absolute Gasteiger partial charge is 0.363 e. The Hall–Kier alpha value is -0.465. The first-order valence-corrected chi connectivity index (χ1v) is 3.76. The molecular weight excluding hydrogens is 125 g/mol. The minimum absolute atomic E-state index is 0.266. The topological polar surface area (TPSA) is 29.1 Å². The van der Waals surface area contributed by atoms with Gasteiger partial charge >= 0.3 is 0 Å². The Morgan fingerprint density at radius 1 is 1.60 bits per heavy atom. The number of hydrogen-bond acceptors (Lipinski definition) is 1. The predicted molar refractivity (Wildman–Crippen MR) is 43.3 cm³/mol. The van der Waals surface area contributed by atoms with E-state index < -0.39 is 5.81 Å². The molecule has 0 saturated heterocycles. The smallest absolute Gasteiger partial charge is 0.200 e. The summed E-state index contributed by atoms with van der Waals surface area (Å²) < 4.78 is 0. The molecule has 0 rings (SSSR count). The minimum atomic E-state index is -0.416. The highest BCUT2D eigenvalue weighted by Gasteiger charge is 2.03. The van der Waals surface area contributed by atoms with Gasteiger partial charge < -0.3 is 5.32 Å². The molecule has 2 radical (unpaired) electrons. The summed E-state index contributed by atoms with van der Waals surface area (Å²) in [6, 6.07) is 0.266. The van der Waals surface area contributed by atoms with Crippen LogP contribution in [0, 0.1) is 0 Å². The third-order valence-electron chi connectivity index (χ3n) is 1.48. The van der Waals surface area contributed by atoms with E-state index in [0.29, 0.717) is 0 Å². The normalized spacial score (nSPS) is 12.6. The van der Waals surface area contributed by atoms with Crippen LogP contribution in [0.5, 0.6) is 0 Å². The molecule has 56 valence electrons. The molecule has 0 aromatic carbocycles. The second-order valence-electron chi connectivity index (χ2n) is 2.40. The molecule has 2 nitrogen and oxygen atoms in total. The van der Waals surface area contributed by atoms with Crippen LogP contribution < -0.4 is 5.32 Å². The molecule has 1 N–H and O–H groups in total. The second-order valence-corrected chi connectivity index (χ2v) is 2.40. The molecule has 1 atom stereocenters. The Morgan fingerprint density at radius 2 is 2.20 bits per heavy atom. The van der Waals surface area contributed by atoms with E-state index in [1.807, 2.05) is 6.92 Å². The van der Waals surface area contributed by atoms with Crippen molar-refractivity contribution in [2.75, 3.05) is 0 Å². The predicted octanol–water partition coefficient (Wildman–Crippen LogP) is 1.44. The molecule has 0 bridgehead atoms. The average Bonchev–Trinajstić information content (AvgIpc) is 1.86. The van der Waals surface area contributed by atoms with Crippen molar-refractivity contribution in [3.8, 4) is 0 Å². The van der Waals surface area contributed by atoms with Crippen molar-refractivity contribution in [3.63, 3.8) is 0 Å². The molecule has 0 aromatic rings. The van der Waals surface area contributed by atoms with Gasteiger partial charge in [0.2, 0.25) is 7.85 Å². The van der Waals surface area contributed by atoms with E-state index in [1.54, 1.807) is 0 Å². The third-order valence-corrected chi connectivity index (χ3v) is 1.48. The Labute approximate surface area is 63.8 Å². The number of rotatable bonds is 4. The van der Waals surface area contributed by atoms with Gasteiger partial charge in [-0.3, -0.25) is 4.79 Å². The number of carbonyl (C=O) groups excluding carboxylic acids is 1. The van der Waals surface area contributed by atoms with Gasteiger partial charge in [-0.25, -0.2) is 0 Å². The Kier molecular flexibility index (Phi) is 5.08. The summed E-state index contributed by atoms with van der Waals surface area (Å²) >= 11 is 0. The lowest BCUT2D eigenvalue weighted by atomic mass is 10.1. The summed E-state index contributed by atoms with van der Waals surface area (Å²) in [4.78, 5) is 10.4. The van der Waals surface area contributed by atoms with E-state index in [4.69, 9.17) is 7.85 Å². The van der Waals surface area contributed by atoms with E-state index in [9.17, 15) is 4.79 Å². The van der Waals surface area contributed by atoms with Gasteiger partial charge in [0.1, 0.15) is 0 Å². The monoisotopic (exact) mass is 139 g/mol. The first kappa shape index (κ1) is 9.53. The SMILES string of the molecule is [B]C(=O)NC(CC)CCC. The summed E-state index contributed by atoms with van der Waals surface area (Å²) in [6.45, 7) is 4.13. The summed E-state index contributed by atoms with van der Waals surface area (Å²) in [5.74, 6) is -0.416. The lowest BCUT2D eigenvalue weighted by molar-refractivity contribution is 0.255. The van der Waals surface area contributed by atoms with Gasteiger partial charge in [0.05, 0.1) is 0 Å². The van der Waals surface area contributed by atoms with Crippen molar-refractivity contribution in [3.05, 3.63) is 0 Å². The molecule has 0 aromatic heterocycles. The van der Waals surface area contributed by atoms with E-state index in [1.165, 1.54) is 0 Å². The molecular formula is C7H14BNO. The molecule has 0 aliphatic rings. The zero-order chi connectivity index (χ0) is 7.98. The molecule has 0 spiro atoms. The molecule has 0 fully saturated rings. The second kappa shape index (κ2) is 5.33. The summed E-state index contributed by atoms with van der Waals surface area (Å²) in [5.41, 5.74) is 0. The summed E-state index contributed by atoms with van der Waals surface area (Å²) in [7, 11) is 4.95. The van der Waals surface area contributed by atoms with Crippen molar-refractivity contribution in [2.45, 2.75) is 39.2 Å². The van der Waals surface area contributed by atoms with Gasteiger partial charge in [-0.05, 0) is 12.8 Å². The van der Waals surface area contributed by atoms with Crippen LogP contribution in [0.15, 0.2) is 0 Å². The molecule has 3 heteroatoms. The highest BCUT2D eigenvalue weighted by Crippen LogP contribution is 1.99. The standard InChI is InChI=1S/C7H14BNO/c1-3-5-6(4-2)9-7(8)10/h6H,3-5H2,1-2H3,(H,9,10). The number of nitrogens with one attached hydrogen (secondary N) is 1. The zero-order valence-corrected chi connectivity index (χ0v) is 6.68. The lowest BCUT2D eigenvalue weighted by Gasteiger charge is -2.14. The maximum atomic E-state index is 10.4. The summed E-state index contributed by atoms with van der Waals surface area (Å²) in [6.07, 6.45) is 3.05. The van der Waals surface area contributed by atoms with Crippen LogP contribution in [0.25, 0.3) is 0 Å². The van der Waals surface area contributed by atoms with E-state index in [-0.39, 0.29) is 6.04 Å². The summed E-state index contributed by atoms with van der Waals surface area (Å²) in [5, 5.41) is 2.67. The van der Waals surface area contributed by atoms with Crippen LogP contribution in [0.3, 0.4) is 0 Å². The average molecular weight is 139 g/mol. The quantitative estimate of drug-likeness (QED) is 0.586. The molecule has 1 amide bonds. The van der Waals surface area contributed by atoms with E-state index in [0.717, 1.165) is 19.3 Å². The molecule has 0 heterocycles. The molecule has 0 aliphatic heterocycles. The van der Waals surface area contributed by atoms with Crippen molar-refractivity contribution < 1.29 is 4.79 Å². The van der Waals surface area contributed by atoms with Gasteiger partial charge in [-0.2, -0.15) is 0 Å². The van der Waals surface area contributed by atoms with E-state index >= 15 is 0 Å². The molecule has 1 unspecified atom stereocenters. The fraction of sp³-hybridized carbons (Fsp3) is 0.857. The van der Waals surface area contributed by atoms with Crippen molar-refractivity contribution >= 4 is 13.7 Å². The van der Waals surface area contributed by atoms with Gasteiger partial charge in [-0.1, -0.05) is 20.3 Å². The van der Waals surface area contributed by atoms with Crippen LogP contribution in [0.4, 0.5) is 4.79 Å². The van der Waals surface area contributed by atoms with Crippen molar-refractivity contribution in [1.82, 2.24) is 5.32 Å². The van der Waals surface area contributed by atoms with Gasteiger partial charge in [0.25, 0.3) is 0 Å². The fourth-order valence-corrected chi connectivity index (χ4v) is 0.928. The van der Waals surface area contributed by atoms with Crippen molar-refractivity contribution in [2.24, 2.45) is 0 Å². The van der Waals surface area contributed by atoms with Gasteiger partial charge in [-0.15, -0.1) is 0 Å². The van der Waals surface area contributed by atoms with Crippen LogP contribution in [0.1, 0.15) is 33.1 Å². The Morgan fingerprint density at radius 3 is 2.50 bits per heavy atom. The van der Waals surface area contributed by atoms with E-state index in [2.05, 4.69) is 12.2 Å². The molecule has 0 aliphatic carbocycles. The molecule has 0 saturated carbocycles. The van der Waals surface area contributed by atoms with Gasteiger partial charge in [0, 0.05) is 6.04 Å². The highest BCUT2D eigenvalue weighted by atomic mass is 16.1. The first-order valence-electron chi connectivity index (χ1n) is 3.76. The first-order chi connectivity index (χ1) is 4.70. The van der Waals surface area contributed by atoms with Crippen LogP contribution >= 0.6 is 0 Å². The molecule has 10 heavy (non-hydrogen) atoms. The van der Waals surface area contributed by atoms with Crippen LogP contribution in [-0.2, 0) is 0 Å². The fourth-order valence-electron chi connectivity index (χ4n) is 0.928. The van der Waals surface area contributed by atoms with Crippen molar-refractivity contribution in [1.29, 1.82) is 0 Å². The maximum Gasteiger partial charge on any atom is 0.200 e. The lowest BCUT2D eigenvalue weighted by Crippen LogP contribution is -2.33. The third kappa shape index (κ3) is 4.42. The number of hydrogen-bond donors (Lipinski definition) is 1. The Bertz CT molecular complexity index is 106. The van der Waals surface area contributed by atoms with Crippen LogP contribution in [0.2, 0.25) is 0 Å². The maximum absolute atomic E-state index is 10.4. The van der Waals surface area contributed by atoms with Crippen LogP contribution in [-0.4, -0.2) is 19.7 Å². The van der Waals surface area contributed by atoms with Gasteiger partial charge in [0.15, 0.2) is 5.81 Å². The highest BCUT2D eigenvalue weighted by molar-refractivity contribution is 6.57. The zero-order valence-electron chi connectivity index (χ0n) is 6.68. The number of carbonyl (C=O) groups is 1. The minimum Gasteiger partial charge on any atom is -0.363 e. The number of amides is 1.